The molecule has 0 spiro atoms. The summed E-state index contributed by atoms with van der Waals surface area (Å²) in [5.74, 6) is 0.381. The highest BCUT2D eigenvalue weighted by Gasteiger charge is 2.25. The van der Waals surface area contributed by atoms with Gasteiger partial charge in [0.25, 0.3) is 0 Å². The van der Waals surface area contributed by atoms with Crippen LogP contribution in [0.25, 0.3) is 0 Å². The summed E-state index contributed by atoms with van der Waals surface area (Å²) in [5.41, 5.74) is -0.179. The van der Waals surface area contributed by atoms with Gasteiger partial charge in [-0.2, -0.15) is 11.8 Å². The molecule has 1 rings (SSSR count). The molecule has 0 aromatic carbocycles. The second kappa shape index (κ2) is 5.54. The van der Waals surface area contributed by atoms with Crippen LogP contribution in [0.4, 0.5) is 0 Å². The maximum absolute atomic E-state index is 11.8. The van der Waals surface area contributed by atoms with Crippen LogP contribution in [0.1, 0.15) is 41.0 Å². The third-order valence-corrected chi connectivity index (χ3v) is 4.21. The summed E-state index contributed by atoms with van der Waals surface area (Å²) in [6, 6.07) is 0. The van der Waals surface area contributed by atoms with Gasteiger partial charge in [-0.1, -0.05) is 34.6 Å². The summed E-state index contributed by atoms with van der Waals surface area (Å²) in [4.78, 5) is 14.3. The highest BCUT2D eigenvalue weighted by atomic mass is 32.2. The van der Waals surface area contributed by atoms with Crippen molar-refractivity contribution in [2.45, 2.75) is 51.5 Å². The van der Waals surface area contributed by atoms with Crippen molar-refractivity contribution in [2.24, 2.45) is 5.41 Å². The van der Waals surface area contributed by atoms with Crippen LogP contribution < -0.4 is 0 Å². The molecule has 1 aliphatic heterocycles. The van der Waals surface area contributed by atoms with Crippen LogP contribution in [0.2, 0.25) is 0 Å². The van der Waals surface area contributed by atoms with E-state index in [9.17, 15) is 4.79 Å². The van der Waals surface area contributed by atoms with Crippen LogP contribution in [0.3, 0.4) is 0 Å². The van der Waals surface area contributed by atoms with Gasteiger partial charge in [0, 0.05) is 42.0 Å². The van der Waals surface area contributed by atoms with Crippen molar-refractivity contribution in [3.05, 3.63) is 0 Å². The van der Waals surface area contributed by atoms with Gasteiger partial charge in [0.15, 0.2) is 0 Å². The Bertz CT molecular complexity index is 237. The zero-order valence-corrected chi connectivity index (χ0v) is 12.1. The number of nitrogens with zero attached hydrogens (tertiary/aromatic N) is 1. The van der Waals surface area contributed by atoms with Gasteiger partial charge in [0.1, 0.15) is 5.78 Å². The average Bonchev–Trinajstić information content (AvgIpc) is 2.11. The molecule has 94 valence electrons. The lowest BCUT2D eigenvalue weighted by Gasteiger charge is -2.34. The Balaban J connectivity index is 2.35. The van der Waals surface area contributed by atoms with Crippen LogP contribution in [0, 0.1) is 5.41 Å². The molecule has 1 saturated heterocycles. The minimum atomic E-state index is -0.179. The fraction of sp³-hybridized carbons (Fsp3) is 0.923. The van der Waals surface area contributed by atoms with Gasteiger partial charge >= 0.3 is 0 Å². The lowest BCUT2D eigenvalue weighted by atomic mass is 9.89. The second-order valence-corrected chi connectivity index (χ2v) is 7.82. The van der Waals surface area contributed by atoms with E-state index in [1.165, 1.54) is 0 Å². The predicted octanol–water partition coefficient (Wildman–Crippen LogP) is 2.82. The molecule has 0 saturated carbocycles. The molecule has 0 radical (unpaired) electrons. The van der Waals surface area contributed by atoms with E-state index in [4.69, 9.17) is 0 Å². The van der Waals surface area contributed by atoms with Gasteiger partial charge in [-0.3, -0.25) is 4.79 Å². The number of thioether (sulfide) groups is 1. The normalized spacial score (nSPS) is 28.1. The Morgan fingerprint density at radius 1 is 1.25 bits per heavy atom. The lowest BCUT2D eigenvalue weighted by molar-refractivity contribution is -0.126. The molecular formula is C13H25NOS. The van der Waals surface area contributed by atoms with Crippen LogP contribution >= 0.6 is 11.8 Å². The Morgan fingerprint density at radius 2 is 1.75 bits per heavy atom. The third kappa shape index (κ3) is 4.46. The number of carbonyl (C=O) groups is 1. The first-order valence-corrected chi connectivity index (χ1v) is 7.14. The average molecular weight is 243 g/mol. The summed E-state index contributed by atoms with van der Waals surface area (Å²) < 4.78 is 0. The summed E-state index contributed by atoms with van der Waals surface area (Å²) in [6.07, 6.45) is 0.702. The zero-order chi connectivity index (χ0) is 12.3. The summed E-state index contributed by atoms with van der Waals surface area (Å²) >= 11 is 2.06. The van der Waals surface area contributed by atoms with Crippen molar-refractivity contribution >= 4 is 17.5 Å². The number of hydrogen-bond acceptors (Lipinski definition) is 3. The zero-order valence-electron chi connectivity index (χ0n) is 11.2. The summed E-state index contributed by atoms with van der Waals surface area (Å²) in [6.45, 7) is 13.8. The molecule has 0 amide bonds. The van der Waals surface area contributed by atoms with E-state index in [-0.39, 0.29) is 5.41 Å². The molecule has 0 aliphatic carbocycles. The fourth-order valence-electron chi connectivity index (χ4n) is 2.10. The summed E-state index contributed by atoms with van der Waals surface area (Å²) in [7, 11) is 0. The van der Waals surface area contributed by atoms with E-state index in [0.29, 0.717) is 22.7 Å². The molecule has 3 heteroatoms. The van der Waals surface area contributed by atoms with Crippen molar-refractivity contribution in [1.29, 1.82) is 0 Å². The number of Topliss-reactive ketones (excluding diaryl/α,β-unsaturated/α-hetero) is 1. The van der Waals surface area contributed by atoms with Crippen LogP contribution in [-0.2, 0) is 4.79 Å². The van der Waals surface area contributed by atoms with Crippen LogP contribution in [-0.4, -0.2) is 40.8 Å². The van der Waals surface area contributed by atoms with Crippen molar-refractivity contribution in [3.63, 3.8) is 0 Å². The van der Waals surface area contributed by atoms with Crippen LogP contribution in [0.15, 0.2) is 0 Å². The molecule has 0 aromatic rings. The quantitative estimate of drug-likeness (QED) is 0.760. The largest absolute Gasteiger partial charge is 0.301 e. The molecule has 0 aromatic heterocycles. The van der Waals surface area contributed by atoms with Crippen molar-refractivity contribution in [2.75, 3.05) is 19.6 Å². The molecule has 16 heavy (non-hydrogen) atoms. The number of ketones is 1. The Labute approximate surface area is 104 Å². The maximum atomic E-state index is 11.8. The third-order valence-electron chi connectivity index (χ3n) is 2.99. The Kier molecular flexibility index (Phi) is 4.87. The Hall–Kier alpha value is -0.0200. The second-order valence-electron chi connectivity index (χ2n) is 5.94. The molecule has 1 aliphatic rings. The summed E-state index contributed by atoms with van der Waals surface area (Å²) in [5, 5.41) is 1.40. The van der Waals surface area contributed by atoms with Crippen LogP contribution in [0.5, 0.6) is 0 Å². The molecule has 0 N–H and O–H groups in total. The van der Waals surface area contributed by atoms with Crippen molar-refractivity contribution < 1.29 is 4.79 Å². The highest BCUT2D eigenvalue weighted by Crippen LogP contribution is 2.25. The van der Waals surface area contributed by atoms with Gasteiger partial charge in [-0.25, -0.2) is 0 Å². The first-order valence-electron chi connectivity index (χ1n) is 6.20. The highest BCUT2D eigenvalue weighted by molar-refractivity contribution is 8.00. The van der Waals surface area contributed by atoms with Crippen molar-refractivity contribution in [3.8, 4) is 0 Å². The molecular weight excluding hydrogens is 218 g/mol. The number of hydrogen-bond donors (Lipinski definition) is 0. The number of rotatable bonds is 3. The van der Waals surface area contributed by atoms with Gasteiger partial charge in [-0.15, -0.1) is 0 Å². The first kappa shape index (κ1) is 14.0. The topological polar surface area (TPSA) is 20.3 Å². The van der Waals surface area contributed by atoms with E-state index in [1.807, 2.05) is 20.8 Å². The molecule has 0 bridgehead atoms. The van der Waals surface area contributed by atoms with E-state index < -0.39 is 0 Å². The minimum absolute atomic E-state index is 0.179. The van der Waals surface area contributed by atoms with E-state index in [1.54, 1.807) is 0 Å². The first-order chi connectivity index (χ1) is 7.29. The molecule has 2 atom stereocenters. The lowest BCUT2D eigenvalue weighted by Crippen LogP contribution is -2.41. The monoisotopic (exact) mass is 243 g/mol. The smallest absolute Gasteiger partial charge is 0.139 e. The number of carbonyl (C=O) groups excluding carboxylic acids is 1. The van der Waals surface area contributed by atoms with Gasteiger partial charge < -0.3 is 4.90 Å². The molecule has 1 fully saturated rings. The Morgan fingerprint density at radius 3 is 2.19 bits per heavy atom. The maximum Gasteiger partial charge on any atom is 0.139 e. The van der Waals surface area contributed by atoms with Gasteiger partial charge in [-0.05, 0) is 0 Å². The van der Waals surface area contributed by atoms with Crippen molar-refractivity contribution in [1.82, 2.24) is 4.90 Å². The predicted molar refractivity (Wildman–Crippen MR) is 72.0 cm³/mol. The fourth-order valence-corrected chi connectivity index (χ4v) is 3.49. The molecule has 2 unspecified atom stereocenters. The van der Waals surface area contributed by atoms with E-state index >= 15 is 0 Å². The standard InChI is InChI=1S/C13H25NOS/c1-10-8-14(9-11(2)16-10)7-6-12(15)13(3,4)5/h10-11H,6-9H2,1-5H3. The SMILES string of the molecule is CC1CN(CCC(=O)C(C)(C)C)CC(C)S1. The molecule has 1 heterocycles. The van der Waals surface area contributed by atoms with E-state index in [0.717, 1.165) is 19.6 Å². The van der Waals surface area contributed by atoms with E-state index in [2.05, 4.69) is 30.5 Å². The van der Waals surface area contributed by atoms with Gasteiger partial charge in [0.05, 0.1) is 0 Å². The van der Waals surface area contributed by atoms with Gasteiger partial charge in [0.2, 0.25) is 0 Å². The minimum Gasteiger partial charge on any atom is -0.301 e. The molecule has 2 nitrogen and oxygen atoms in total.